The van der Waals surface area contributed by atoms with Crippen LogP contribution in [0.2, 0.25) is 0 Å². The van der Waals surface area contributed by atoms with Crippen LogP contribution in [0.25, 0.3) is 0 Å². The number of allylic oxidation sites excluding steroid dienone is 1. The van der Waals surface area contributed by atoms with Gasteiger partial charge in [0, 0.05) is 59.9 Å². The van der Waals surface area contributed by atoms with Crippen LogP contribution < -0.4 is 17.3 Å². The second-order valence-electron chi connectivity index (χ2n) is 7.25. The molecule has 2 atom stereocenters. The fourth-order valence-corrected chi connectivity index (χ4v) is 3.39. The Kier molecular flexibility index (Phi) is 16.9. The van der Waals surface area contributed by atoms with Crippen LogP contribution >= 0.6 is 0 Å². The van der Waals surface area contributed by atoms with E-state index >= 15 is 0 Å². The van der Waals surface area contributed by atoms with Gasteiger partial charge in [-0.15, -0.1) is 0 Å². The highest BCUT2D eigenvalue weighted by Gasteiger charge is 2.22. The van der Waals surface area contributed by atoms with E-state index < -0.39 is 0 Å². The van der Waals surface area contributed by atoms with E-state index in [0.29, 0.717) is 26.1 Å². The predicted octanol–water partition coefficient (Wildman–Crippen LogP) is 1.14. The summed E-state index contributed by atoms with van der Waals surface area (Å²) >= 11 is 0. The fraction of sp³-hybridized carbons (Fsp3) is 0.682. The van der Waals surface area contributed by atoms with Crippen LogP contribution in [0.3, 0.4) is 0 Å². The summed E-state index contributed by atoms with van der Waals surface area (Å²) in [5.74, 6) is 7.08. The quantitative estimate of drug-likeness (QED) is 0.273. The molecule has 2 unspecified atom stereocenters. The van der Waals surface area contributed by atoms with E-state index in [0.717, 1.165) is 43.3 Å². The lowest BCUT2D eigenvalue weighted by Crippen LogP contribution is -2.48. The van der Waals surface area contributed by atoms with Gasteiger partial charge >= 0.3 is 0 Å². The van der Waals surface area contributed by atoms with Gasteiger partial charge in [-0.05, 0) is 31.2 Å². The molecule has 1 saturated heterocycles. The Labute approximate surface area is 190 Å². The SMILES string of the molecule is C.C.C=O.COCCOC1C=CC(N)=C(C(N)C/C=C(\N(C)N)N2CCN(C)CC2)C1.[HH]. The largest absolute Gasteiger partial charge is 0.399 e. The highest BCUT2D eigenvalue weighted by molar-refractivity contribution is 5.32. The average Bonchev–Trinajstić information content (AvgIpc) is 2.72. The summed E-state index contributed by atoms with van der Waals surface area (Å²) in [4.78, 5) is 12.6. The first-order chi connectivity index (χ1) is 13.9. The van der Waals surface area contributed by atoms with E-state index in [2.05, 4.69) is 22.9 Å². The number of nitrogens with zero attached hydrogens (tertiary/aromatic N) is 3. The van der Waals surface area contributed by atoms with Crippen molar-refractivity contribution in [2.45, 2.75) is 39.8 Å². The number of hydrogen-bond donors (Lipinski definition) is 3. The molecule has 1 fully saturated rings. The maximum Gasteiger partial charge on any atom is 0.114 e. The summed E-state index contributed by atoms with van der Waals surface area (Å²) < 4.78 is 10.8. The molecule has 1 aliphatic carbocycles. The van der Waals surface area contributed by atoms with Gasteiger partial charge in [-0.1, -0.05) is 20.9 Å². The molecule has 2 aliphatic rings. The summed E-state index contributed by atoms with van der Waals surface area (Å²) in [5.41, 5.74) is 14.4. The third kappa shape index (κ3) is 10.3. The van der Waals surface area contributed by atoms with E-state index in [9.17, 15) is 0 Å². The molecule has 6 N–H and O–H groups in total. The third-order valence-corrected chi connectivity index (χ3v) is 5.09. The van der Waals surface area contributed by atoms with Crippen LogP contribution in [-0.4, -0.2) is 94.3 Å². The first kappa shape index (κ1) is 31.3. The van der Waals surface area contributed by atoms with Crippen molar-refractivity contribution in [2.75, 3.05) is 60.6 Å². The zero-order valence-electron chi connectivity index (χ0n) is 18.0. The van der Waals surface area contributed by atoms with Crippen LogP contribution in [0, 0.1) is 0 Å². The maximum atomic E-state index is 8.00. The molecule has 0 spiro atoms. The van der Waals surface area contributed by atoms with E-state index in [1.54, 1.807) is 12.1 Å². The number of hydrogen-bond acceptors (Lipinski definition) is 9. The normalized spacial score (nSPS) is 20.2. The van der Waals surface area contributed by atoms with E-state index in [1.807, 2.05) is 26.0 Å². The number of carbonyl (C=O) groups excluding carboxylic acids is 1. The van der Waals surface area contributed by atoms with E-state index in [1.165, 1.54) is 0 Å². The molecule has 1 heterocycles. The van der Waals surface area contributed by atoms with Crippen LogP contribution in [0.5, 0.6) is 0 Å². The van der Waals surface area contributed by atoms with Crippen molar-refractivity contribution in [1.82, 2.24) is 14.8 Å². The van der Waals surface area contributed by atoms with Gasteiger partial charge in [0.15, 0.2) is 0 Å². The summed E-state index contributed by atoms with van der Waals surface area (Å²) in [7, 11) is 5.67. The Morgan fingerprint density at radius 3 is 2.48 bits per heavy atom. The monoisotopic (exact) mass is 444 g/mol. The fourth-order valence-electron chi connectivity index (χ4n) is 3.39. The van der Waals surface area contributed by atoms with Gasteiger partial charge in [0.05, 0.1) is 19.3 Å². The van der Waals surface area contributed by atoms with Gasteiger partial charge in [0.2, 0.25) is 0 Å². The number of hydrazine groups is 1. The number of nitrogens with two attached hydrogens (primary N) is 3. The molecule has 0 aromatic rings. The minimum atomic E-state index is -0.161. The average molecular weight is 445 g/mol. The number of carbonyl (C=O) groups is 1. The van der Waals surface area contributed by atoms with Gasteiger partial charge in [-0.3, -0.25) is 5.01 Å². The van der Waals surface area contributed by atoms with Crippen molar-refractivity contribution >= 4 is 6.79 Å². The van der Waals surface area contributed by atoms with Gasteiger partial charge in [-0.2, -0.15) is 0 Å². The molecule has 9 nitrogen and oxygen atoms in total. The molecule has 2 rings (SSSR count). The lowest BCUT2D eigenvalue weighted by Gasteiger charge is -2.38. The maximum absolute atomic E-state index is 8.00. The van der Waals surface area contributed by atoms with Crippen molar-refractivity contribution in [3.8, 4) is 0 Å². The van der Waals surface area contributed by atoms with E-state index in [4.69, 9.17) is 31.6 Å². The van der Waals surface area contributed by atoms with Crippen LogP contribution in [0.1, 0.15) is 29.1 Å². The number of likely N-dealkylation sites (N-methyl/N-ethyl adjacent to an activating group) is 1. The third-order valence-electron chi connectivity index (χ3n) is 5.09. The second-order valence-corrected chi connectivity index (χ2v) is 7.25. The van der Waals surface area contributed by atoms with Crippen LogP contribution in [-0.2, 0) is 14.3 Å². The first-order valence-corrected chi connectivity index (χ1v) is 9.86. The summed E-state index contributed by atoms with van der Waals surface area (Å²) in [5, 5.41) is 1.67. The summed E-state index contributed by atoms with van der Waals surface area (Å²) in [6.07, 6.45) is 7.39. The van der Waals surface area contributed by atoms with Crippen molar-refractivity contribution in [3.63, 3.8) is 0 Å². The van der Waals surface area contributed by atoms with Gasteiger partial charge in [0.25, 0.3) is 0 Å². The van der Waals surface area contributed by atoms with Crippen molar-refractivity contribution in [2.24, 2.45) is 17.3 Å². The highest BCUT2D eigenvalue weighted by Crippen LogP contribution is 2.23. The predicted molar refractivity (Wildman–Crippen MR) is 131 cm³/mol. The molecule has 1 aliphatic heterocycles. The highest BCUT2D eigenvalue weighted by atomic mass is 16.5. The molecule has 184 valence electrons. The zero-order chi connectivity index (χ0) is 21.8. The first-order valence-electron chi connectivity index (χ1n) is 9.86. The Bertz CT molecular complexity index is 578. The molecular weight excluding hydrogens is 396 g/mol. The van der Waals surface area contributed by atoms with Crippen molar-refractivity contribution in [1.29, 1.82) is 0 Å². The molecule has 0 amide bonds. The number of piperazine rings is 1. The lowest BCUT2D eigenvalue weighted by molar-refractivity contribution is -0.0979. The van der Waals surface area contributed by atoms with Gasteiger partial charge in [-0.25, -0.2) is 5.84 Å². The van der Waals surface area contributed by atoms with Crippen LogP contribution in [0.15, 0.2) is 35.3 Å². The standard InChI is InChI=1S/C19H36N6O2.CH2O.2CH4.H2/c1-23-8-10-25(11-9-23)19(24(2)22)7-6-18(21)16-14-15(4-5-17(16)20)27-13-12-26-3;1-2;;;/h4-5,7,15,18H,6,8-14,20-22H2,1-3H3;1H2;2*1H4;1H/b19-7+;;;;. The summed E-state index contributed by atoms with van der Waals surface area (Å²) in [6, 6.07) is -0.161. The zero-order valence-corrected chi connectivity index (χ0v) is 18.0. The van der Waals surface area contributed by atoms with Crippen LogP contribution in [0.4, 0.5) is 0 Å². The Morgan fingerprint density at radius 1 is 1.32 bits per heavy atom. The van der Waals surface area contributed by atoms with E-state index in [-0.39, 0.29) is 28.4 Å². The minimum Gasteiger partial charge on any atom is -0.399 e. The summed E-state index contributed by atoms with van der Waals surface area (Å²) in [6.45, 7) is 7.11. The Balaban J connectivity index is -0.00000163. The number of rotatable bonds is 9. The van der Waals surface area contributed by atoms with Gasteiger partial charge < -0.3 is 35.5 Å². The van der Waals surface area contributed by atoms with Crippen molar-refractivity contribution in [3.05, 3.63) is 35.3 Å². The molecule has 9 heteroatoms. The minimum absolute atomic E-state index is 0. The molecule has 0 bridgehead atoms. The van der Waals surface area contributed by atoms with Gasteiger partial charge in [0.1, 0.15) is 12.6 Å². The topological polar surface area (TPSA) is 123 Å². The second kappa shape index (κ2) is 16.7. The molecule has 31 heavy (non-hydrogen) atoms. The molecule has 0 aromatic carbocycles. The lowest BCUT2D eigenvalue weighted by atomic mass is 9.92. The Hall–Kier alpha value is -1.91. The Morgan fingerprint density at radius 2 is 1.94 bits per heavy atom. The molecular formula is C22H48N6O3. The number of ether oxygens (including phenoxy) is 2. The molecule has 0 aromatic heterocycles. The van der Waals surface area contributed by atoms with Crippen molar-refractivity contribution < 1.29 is 15.7 Å². The smallest absolute Gasteiger partial charge is 0.114 e. The number of methoxy groups -OCH3 is 1. The molecule has 0 saturated carbocycles. The molecule has 0 radical (unpaired) electrons.